The number of carbonyl (C=O) groups excluding carboxylic acids is 1. The molecule has 19 nitrogen and oxygen atoms in total. The largest absolute Gasteiger partial charge is 0.394 e. The molecule has 3 fully saturated rings. The molecule has 3 rings (SSSR count). The van der Waals surface area contributed by atoms with Crippen LogP contribution in [0.3, 0.4) is 0 Å². The van der Waals surface area contributed by atoms with E-state index < -0.39 is 124 Å². The maximum atomic E-state index is 13.5. The topological polar surface area (TPSA) is 307 Å². The molecule has 0 saturated carbocycles. The lowest BCUT2D eigenvalue weighted by Crippen LogP contribution is -2.66. The van der Waals surface area contributed by atoms with Crippen LogP contribution in [0, 0.1) is 0 Å². The van der Waals surface area contributed by atoms with Gasteiger partial charge in [-0.1, -0.05) is 325 Å². The fraction of sp³-hybridized carbons (Fsp3) is 0.867. The van der Waals surface area contributed by atoms with E-state index in [2.05, 4.69) is 79.9 Å². The van der Waals surface area contributed by atoms with Gasteiger partial charge in [0.1, 0.15) is 73.2 Å². The Bertz CT molecular complexity index is 2080. The van der Waals surface area contributed by atoms with Crippen LogP contribution in [-0.2, 0) is 33.2 Å². The van der Waals surface area contributed by atoms with E-state index in [-0.39, 0.29) is 18.9 Å². The predicted octanol–water partition coefficient (Wildman–Crippen LogP) is 14.2. The molecule has 0 radical (unpaired) electrons. The number of hydrogen-bond acceptors (Lipinski definition) is 18. The van der Waals surface area contributed by atoms with E-state index in [1.54, 1.807) is 0 Å². The minimum absolute atomic E-state index is 0.237. The average molecular weight is 1450 g/mol. The maximum Gasteiger partial charge on any atom is 0.220 e. The summed E-state index contributed by atoms with van der Waals surface area (Å²) >= 11 is 0. The summed E-state index contributed by atoms with van der Waals surface area (Å²) in [5.41, 5.74) is 0. The second-order valence-electron chi connectivity index (χ2n) is 29.6. The Morgan fingerprint density at radius 3 is 1.06 bits per heavy atom. The van der Waals surface area contributed by atoms with Crippen molar-refractivity contribution in [3.8, 4) is 0 Å². The molecule has 0 bridgehead atoms. The number of rotatable bonds is 66. The SMILES string of the molecule is CC/C=C\C/C=C\C/C=C\C/C=C\C/C=C\CCCCCCCCCCCCCCCCCCCCCCCCCCCC(=O)NC(COC1OC(CO)C(OC2OC(CO)C(OC3OC(CO)C(O)C(O)C3O)C(O)C2O)C(O)C1O)C(O)CCCCCCCCCCCCCCCCCC. The number of hydrogen-bond donors (Lipinski definition) is 12. The lowest BCUT2D eigenvalue weighted by atomic mass is 9.96. The first-order chi connectivity index (χ1) is 49.8. The molecule has 596 valence electrons. The van der Waals surface area contributed by atoms with Gasteiger partial charge in [0, 0.05) is 6.42 Å². The zero-order valence-electron chi connectivity index (χ0n) is 63.8. The molecule has 17 atom stereocenters. The first kappa shape index (κ1) is 93.7. The summed E-state index contributed by atoms with van der Waals surface area (Å²) in [6.45, 7) is 1.72. The fourth-order valence-corrected chi connectivity index (χ4v) is 14.0. The number of amides is 1. The van der Waals surface area contributed by atoms with Crippen molar-refractivity contribution in [2.75, 3.05) is 26.4 Å². The minimum atomic E-state index is -1.97. The first-order valence-corrected chi connectivity index (χ1v) is 41.5. The van der Waals surface area contributed by atoms with Crippen molar-refractivity contribution >= 4 is 5.91 Å². The second kappa shape index (κ2) is 63.4. The van der Waals surface area contributed by atoms with Crippen molar-refractivity contribution in [3.63, 3.8) is 0 Å². The molecule has 17 unspecified atom stereocenters. The van der Waals surface area contributed by atoms with Crippen LogP contribution in [0.1, 0.15) is 328 Å². The van der Waals surface area contributed by atoms with E-state index in [9.17, 15) is 61.0 Å². The Hall–Kier alpha value is -2.51. The van der Waals surface area contributed by atoms with Crippen LogP contribution < -0.4 is 5.32 Å². The molecule has 3 aliphatic rings. The highest BCUT2D eigenvalue weighted by Crippen LogP contribution is 2.33. The molecular formula is C83H151NO18. The lowest BCUT2D eigenvalue weighted by Gasteiger charge is -2.48. The standard InChI is InChI=1S/C83H151NO18/c1-3-5-7-9-11-13-15-17-19-21-22-23-24-25-26-27-28-29-30-31-32-33-34-35-36-37-38-39-40-41-42-43-44-45-47-49-51-53-55-57-59-61-71(89)84-66(67(88)60-58-56-54-52-50-48-46-20-18-16-14-12-10-8-6-4-2)65-97-81-77(95)74(92)79(69(63-86)99-81)102-83-78(96)75(93)80(70(64-87)100-83)101-82-76(94)73(91)72(90)68(62-85)98-82/h5,7,11,13,17,19,22-23,25-26,66-70,72-83,85-88,90-96H,3-4,6,8-10,12,14-16,18,20-21,24,27-65H2,1-2H3,(H,84,89)/b7-5-,13-11-,19-17-,23-22-,26-25-. The van der Waals surface area contributed by atoms with E-state index >= 15 is 0 Å². The Labute approximate surface area is 617 Å². The highest BCUT2D eigenvalue weighted by molar-refractivity contribution is 5.76. The maximum absolute atomic E-state index is 13.5. The van der Waals surface area contributed by atoms with Gasteiger partial charge in [0.2, 0.25) is 5.91 Å². The normalized spacial score (nSPS) is 26.5. The number of carbonyl (C=O) groups is 1. The first-order valence-electron chi connectivity index (χ1n) is 41.5. The van der Waals surface area contributed by atoms with Gasteiger partial charge in [-0.15, -0.1) is 0 Å². The summed E-state index contributed by atoms with van der Waals surface area (Å²) in [6.07, 6.45) is 54.8. The van der Waals surface area contributed by atoms with E-state index in [1.165, 1.54) is 218 Å². The smallest absolute Gasteiger partial charge is 0.220 e. The van der Waals surface area contributed by atoms with Crippen LogP contribution in [0.25, 0.3) is 0 Å². The van der Waals surface area contributed by atoms with Gasteiger partial charge in [0.05, 0.1) is 38.6 Å². The Morgan fingerprint density at radius 2 is 0.676 bits per heavy atom. The van der Waals surface area contributed by atoms with Gasteiger partial charge < -0.3 is 89.9 Å². The summed E-state index contributed by atoms with van der Waals surface area (Å²) in [5.74, 6) is -0.237. The third-order valence-electron chi connectivity index (χ3n) is 20.6. The van der Waals surface area contributed by atoms with Crippen LogP contribution in [0.5, 0.6) is 0 Å². The number of allylic oxidation sites excluding steroid dienone is 10. The molecule has 12 N–H and O–H groups in total. The molecule has 0 aromatic heterocycles. The van der Waals surface area contributed by atoms with Crippen molar-refractivity contribution < 1.29 is 89.4 Å². The van der Waals surface area contributed by atoms with Gasteiger partial charge in [0.15, 0.2) is 18.9 Å². The van der Waals surface area contributed by atoms with E-state index in [1.807, 2.05) is 0 Å². The Kier molecular flexibility index (Phi) is 58.3. The van der Waals surface area contributed by atoms with Crippen LogP contribution in [0.4, 0.5) is 0 Å². The van der Waals surface area contributed by atoms with Gasteiger partial charge >= 0.3 is 0 Å². The predicted molar refractivity (Wildman–Crippen MR) is 406 cm³/mol. The molecule has 19 heteroatoms. The molecule has 1 amide bonds. The van der Waals surface area contributed by atoms with Gasteiger partial charge in [-0.3, -0.25) is 4.79 Å². The van der Waals surface area contributed by atoms with Crippen LogP contribution in [0.2, 0.25) is 0 Å². The monoisotopic (exact) mass is 1450 g/mol. The minimum Gasteiger partial charge on any atom is -0.394 e. The number of ether oxygens (including phenoxy) is 6. The highest BCUT2D eigenvalue weighted by atomic mass is 16.8. The van der Waals surface area contributed by atoms with Crippen LogP contribution >= 0.6 is 0 Å². The summed E-state index contributed by atoms with van der Waals surface area (Å²) in [6, 6.07) is -0.886. The Balaban J connectivity index is 1.27. The number of nitrogens with one attached hydrogen (secondary N) is 1. The van der Waals surface area contributed by atoms with Crippen molar-refractivity contribution in [2.45, 2.75) is 433 Å². The third kappa shape index (κ3) is 42.9. The number of aliphatic hydroxyl groups excluding tert-OH is 11. The van der Waals surface area contributed by atoms with Gasteiger partial charge in [-0.05, 0) is 57.8 Å². The lowest BCUT2D eigenvalue weighted by molar-refractivity contribution is -0.379. The molecule has 0 aromatic carbocycles. The van der Waals surface area contributed by atoms with Crippen molar-refractivity contribution in [1.82, 2.24) is 5.32 Å². The molecule has 3 saturated heterocycles. The zero-order chi connectivity index (χ0) is 73.9. The molecular weight excluding hydrogens is 1300 g/mol. The second-order valence-corrected chi connectivity index (χ2v) is 29.6. The highest BCUT2D eigenvalue weighted by Gasteiger charge is 2.54. The molecule has 3 aliphatic heterocycles. The molecule has 3 heterocycles. The molecule has 0 aliphatic carbocycles. The summed E-state index contributed by atoms with van der Waals surface area (Å²) < 4.78 is 34.5. The average Bonchev–Trinajstić information content (AvgIpc) is 0.755. The van der Waals surface area contributed by atoms with E-state index in [0.717, 1.165) is 77.0 Å². The molecule has 0 spiro atoms. The molecule has 102 heavy (non-hydrogen) atoms. The van der Waals surface area contributed by atoms with Crippen molar-refractivity contribution in [1.29, 1.82) is 0 Å². The van der Waals surface area contributed by atoms with Crippen LogP contribution in [-0.4, -0.2) is 193 Å². The van der Waals surface area contributed by atoms with Crippen LogP contribution in [0.15, 0.2) is 60.8 Å². The third-order valence-corrected chi connectivity index (χ3v) is 20.6. The zero-order valence-corrected chi connectivity index (χ0v) is 63.8. The summed E-state index contributed by atoms with van der Waals surface area (Å²) in [4.78, 5) is 13.5. The van der Waals surface area contributed by atoms with Gasteiger partial charge in [0.25, 0.3) is 0 Å². The van der Waals surface area contributed by atoms with Crippen molar-refractivity contribution in [2.24, 2.45) is 0 Å². The Morgan fingerprint density at radius 1 is 0.363 bits per heavy atom. The molecule has 0 aromatic rings. The van der Waals surface area contributed by atoms with Gasteiger partial charge in [-0.25, -0.2) is 0 Å². The van der Waals surface area contributed by atoms with E-state index in [4.69, 9.17) is 28.4 Å². The fourth-order valence-electron chi connectivity index (χ4n) is 14.0. The number of unbranched alkanes of at least 4 members (excludes halogenated alkanes) is 40. The summed E-state index contributed by atoms with van der Waals surface area (Å²) in [5, 5.41) is 121. The van der Waals surface area contributed by atoms with Crippen molar-refractivity contribution in [3.05, 3.63) is 60.8 Å². The van der Waals surface area contributed by atoms with Gasteiger partial charge in [-0.2, -0.15) is 0 Å². The summed E-state index contributed by atoms with van der Waals surface area (Å²) in [7, 11) is 0. The van der Waals surface area contributed by atoms with E-state index in [0.29, 0.717) is 12.8 Å². The quantitative estimate of drug-likeness (QED) is 0.0199. The number of aliphatic hydroxyl groups is 11.